The molecule has 1 aromatic rings. The van der Waals surface area contributed by atoms with E-state index in [1.165, 1.54) is 0 Å². The number of carbonyl (C=O) groups excluding carboxylic acids is 2. The van der Waals surface area contributed by atoms with Crippen LogP contribution in [0.1, 0.15) is 31.4 Å². The van der Waals surface area contributed by atoms with Crippen molar-refractivity contribution >= 4 is 11.8 Å². The molecule has 100 valence electrons. The summed E-state index contributed by atoms with van der Waals surface area (Å²) in [4.78, 5) is 32.1. The number of amides is 2. The highest BCUT2D eigenvalue weighted by molar-refractivity contribution is 5.95. The second-order valence-corrected chi connectivity index (χ2v) is 5.17. The van der Waals surface area contributed by atoms with E-state index in [9.17, 15) is 9.59 Å². The fourth-order valence-corrected chi connectivity index (χ4v) is 2.96. The minimum Gasteiger partial charge on any atom is -0.329 e. The van der Waals surface area contributed by atoms with Gasteiger partial charge in [-0.15, -0.1) is 0 Å². The Balaban J connectivity index is 1.85. The van der Waals surface area contributed by atoms with Crippen LogP contribution < -0.4 is 0 Å². The standard InChI is InChI=1S/C14H17N3O2/c1-10(11-4-2-6-15-8-11)17-9-13(18)16-7-3-5-12(16)14(17)19/h2,4,6,8,10,12H,3,5,7,9H2,1H3. The van der Waals surface area contributed by atoms with Gasteiger partial charge >= 0.3 is 0 Å². The van der Waals surface area contributed by atoms with Crippen LogP contribution in [-0.2, 0) is 9.59 Å². The number of pyridine rings is 1. The van der Waals surface area contributed by atoms with Crippen molar-refractivity contribution in [1.29, 1.82) is 0 Å². The van der Waals surface area contributed by atoms with E-state index in [0.29, 0.717) is 0 Å². The molecule has 0 bridgehead atoms. The SMILES string of the molecule is CC(c1cccnc1)N1CC(=O)N2CCCC2C1=O. The third-order valence-corrected chi connectivity index (χ3v) is 4.08. The number of rotatable bonds is 2. The molecule has 3 rings (SSSR count). The fourth-order valence-electron chi connectivity index (χ4n) is 2.96. The van der Waals surface area contributed by atoms with Gasteiger partial charge in [-0.1, -0.05) is 6.07 Å². The molecule has 2 amide bonds. The smallest absolute Gasteiger partial charge is 0.246 e. The van der Waals surface area contributed by atoms with Crippen LogP contribution in [0.4, 0.5) is 0 Å². The fraction of sp³-hybridized carbons (Fsp3) is 0.500. The van der Waals surface area contributed by atoms with Crippen molar-refractivity contribution < 1.29 is 9.59 Å². The van der Waals surface area contributed by atoms with Gasteiger partial charge in [0.15, 0.2) is 0 Å². The monoisotopic (exact) mass is 259 g/mol. The summed E-state index contributed by atoms with van der Waals surface area (Å²) in [5.74, 6) is 0.145. The topological polar surface area (TPSA) is 53.5 Å². The highest BCUT2D eigenvalue weighted by Crippen LogP contribution is 2.29. The Morgan fingerprint density at radius 2 is 2.26 bits per heavy atom. The first kappa shape index (κ1) is 12.1. The Hall–Kier alpha value is -1.91. The largest absolute Gasteiger partial charge is 0.329 e. The Morgan fingerprint density at radius 3 is 3.00 bits per heavy atom. The van der Waals surface area contributed by atoms with Crippen molar-refractivity contribution in [1.82, 2.24) is 14.8 Å². The lowest BCUT2D eigenvalue weighted by atomic mass is 10.0. The number of hydrogen-bond donors (Lipinski definition) is 0. The van der Waals surface area contributed by atoms with Crippen LogP contribution in [0, 0.1) is 0 Å². The van der Waals surface area contributed by atoms with E-state index in [1.54, 1.807) is 22.2 Å². The molecule has 2 saturated heterocycles. The van der Waals surface area contributed by atoms with Crippen LogP contribution >= 0.6 is 0 Å². The highest BCUT2D eigenvalue weighted by atomic mass is 16.2. The van der Waals surface area contributed by atoms with Gasteiger partial charge in [-0.05, 0) is 31.4 Å². The quantitative estimate of drug-likeness (QED) is 0.795. The summed E-state index contributed by atoms with van der Waals surface area (Å²) in [6.07, 6.45) is 5.18. The van der Waals surface area contributed by atoms with E-state index in [0.717, 1.165) is 24.9 Å². The van der Waals surface area contributed by atoms with Crippen LogP contribution in [0.5, 0.6) is 0 Å². The predicted octanol–water partition coefficient (Wildman–Crippen LogP) is 0.976. The highest BCUT2D eigenvalue weighted by Gasteiger charge is 2.43. The van der Waals surface area contributed by atoms with E-state index < -0.39 is 0 Å². The Labute approximate surface area is 112 Å². The second kappa shape index (κ2) is 4.64. The molecule has 0 spiro atoms. The number of piperazine rings is 1. The van der Waals surface area contributed by atoms with Gasteiger partial charge in [0.25, 0.3) is 0 Å². The lowest BCUT2D eigenvalue weighted by Crippen LogP contribution is -2.57. The molecule has 2 aliphatic rings. The molecule has 2 aliphatic heterocycles. The number of hydrogen-bond acceptors (Lipinski definition) is 3. The van der Waals surface area contributed by atoms with E-state index in [2.05, 4.69) is 4.98 Å². The van der Waals surface area contributed by atoms with Gasteiger partial charge in [-0.2, -0.15) is 0 Å². The zero-order valence-corrected chi connectivity index (χ0v) is 11.0. The molecular weight excluding hydrogens is 242 g/mol. The van der Waals surface area contributed by atoms with E-state index in [-0.39, 0.29) is 30.4 Å². The molecule has 0 saturated carbocycles. The second-order valence-electron chi connectivity index (χ2n) is 5.17. The molecule has 0 aliphatic carbocycles. The van der Waals surface area contributed by atoms with Crippen molar-refractivity contribution in [3.63, 3.8) is 0 Å². The van der Waals surface area contributed by atoms with Gasteiger partial charge in [0.1, 0.15) is 12.6 Å². The van der Waals surface area contributed by atoms with Crippen LogP contribution in [0.25, 0.3) is 0 Å². The van der Waals surface area contributed by atoms with E-state index >= 15 is 0 Å². The Kier molecular flexibility index (Phi) is 2.97. The summed E-state index contributed by atoms with van der Waals surface area (Å²) in [6.45, 7) is 2.86. The first-order valence-corrected chi connectivity index (χ1v) is 6.68. The van der Waals surface area contributed by atoms with E-state index in [4.69, 9.17) is 0 Å². The Bertz CT molecular complexity index is 503. The number of carbonyl (C=O) groups is 2. The Morgan fingerprint density at radius 1 is 1.42 bits per heavy atom. The molecule has 1 aromatic heterocycles. The molecule has 0 N–H and O–H groups in total. The molecule has 2 atom stereocenters. The molecule has 2 unspecified atom stereocenters. The molecule has 0 radical (unpaired) electrons. The van der Waals surface area contributed by atoms with Crippen molar-refractivity contribution in [2.45, 2.75) is 31.8 Å². The number of fused-ring (bicyclic) bond motifs is 1. The lowest BCUT2D eigenvalue weighted by Gasteiger charge is -2.39. The van der Waals surface area contributed by atoms with Gasteiger partial charge in [-0.3, -0.25) is 14.6 Å². The van der Waals surface area contributed by atoms with Gasteiger partial charge in [0.2, 0.25) is 11.8 Å². The van der Waals surface area contributed by atoms with Gasteiger partial charge in [-0.25, -0.2) is 0 Å². The third kappa shape index (κ3) is 1.99. The lowest BCUT2D eigenvalue weighted by molar-refractivity contribution is -0.155. The van der Waals surface area contributed by atoms with Crippen molar-refractivity contribution in [2.75, 3.05) is 13.1 Å². The molecule has 2 fully saturated rings. The van der Waals surface area contributed by atoms with Gasteiger partial charge < -0.3 is 9.80 Å². The van der Waals surface area contributed by atoms with Crippen LogP contribution in [0.15, 0.2) is 24.5 Å². The molecule has 5 nitrogen and oxygen atoms in total. The first-order valence-electron chi connectivity index (χ1n) is 6.68. The molecule has 5 heteroatoms. The normalized spacial score (nSPS) is 24.6. The minimum atomic E-state index is -0.236. The van der Waals surface area contributed by atoms with Crippen molar-refractivity contribution in [2.24, 2.45) is 0 Å². The van der Waals surface area contributed by atoms with Crippen molar-refractivity contribution in [3.8, 4) is 0 Å². The maximum atomic E-state index is 12.5. The average molecular weight is 259 g/mol. The van der Waals surface area contributed by atoms with Crippen LogP contribution in [0.2, 0.25) is 0 Å². The molecular formula is C14H17N3O2. The van der Waals surface area contributed by atoms with Crippen molar-refractivity contribution in [3.05, 3.63) is 30.1 Å². The predicted molar refractivity (Wildman–Crippen MR) is 69.1 cm³/mol. The number of aromatic nitrogens is 1. The zero-order chi connectivity index (χ0) is 13.4. The summed E-state index contributed by atoms with van der Waals surface area (Å²) < 4.78 is 0. The van der Waals surface area contributed by atoms with Gasteiger partial charge in [0.05, 0.1) is 6.04 Å². The maximum absolute atomic E-state index is 12.5. The molecule has 3 heterocycles. The summed E-state index contributed by atoms with van der Waals surface area (Å²) in [5.41, 5.74) is 0.968. The molecule has 19 heavy (non-hydrogen) atoms. The van der Waals surface area contributed by atoms with Crippen LogP contribution in [-0.4, -0.2) is 45.7 Å². The summed E-state index contributed by atoms with van der Waals surface area (Å²) >= 11 is 0. The van der Waals surface area contributed by atoms with Crippen LogP contribution in [0.3, 0.4) is 0 Å². The number of nitrogens with zero attached hydrogens (tertiary/aromatic N) is 3. The van der Waals surface area contributed by atoms with Gasteiger partial charge in [0, 0.05) is 18.9 Å². The minimum absolute atomic E-state index is 0.0674. The summed E-state index contributed by atoms with van der Waals surface area (Å²) in [6, 6.07) is 3.45. The molecule has 0 aromatic carbocycles. The average Bonchev–Trinajstić information content (AvgIpc) is 2.93. The first-order chi connectivity index (χ1) is 9.18. The zero-order valence-electron chi connectivity index (χ0n) is 11.0. The summed E-state index contributed by atoms with van der Waals surface area (Å²) in [5, 5.41) is 0. The van der Waals surface area contributed by atoms with E-state index in [1.807, 2.05) is 19.1 Å². The summed E-state index contributed by atoms with van der Waals surface area (Å²) in [7, 11) is 0. The third-order valence-electron chi connectivity index (χ3n) is 4.08. The maximum Gasteiger partial charge on any atom is 0.246 e.